The van der Waals surface area contributed by atoms with E-state index >= 15 is 0 Å². The number of nitrogens with one attached hydrogen (secondary N) is 3. The van der Waals surface area contributed by atoms with Crippen LogP contribution in [0.2, 0.25) is 0 Å². The van der Waals surface area contributed by atoms with Gasteiger partial charge in [-0.2, -0.15) is 0 Å². The summed E-state index contributed by atoms with van der Waals surface area (Å²) in [5, 5.41) is 8.37. The third-order valence-electron chi connectivity index (χ3n) is 4.81. The summed E-state index contributed by atoms with van der Waals surface area (Å²) < 4.78 is 0. The van der Waals surface area contributed by atoms with Crippen molar-refractivity contribution in [2.75, 3.05) is 29.0 Å². The molecule has 7 nitrogen and oxygen atoms in total. The van der Waals surface area contributed by atoms with Crippen LogP contribution in [0.1, 0.15) is 31.2 Å². The third kappa shape index (κ3) is 6.07. The van der Waals surface area contributed by atoms with Gasteiger partial charge in [0.2, 0.25) is 11.8 Å². The zero-order valence-electron chi connectivity index (χ0n) is 16.5. The van der Waals surface area contributed by atoms with Crippen LogP contribution in [-0.4, -0.2) is 35.8 Å². The van der Waals surface area contributed by atoms with Crippen LogP contribution in [0.5, 0.6) is 0 Å². The normalized spacial score (nSPS) is 14.1. The Balaban J connectivity index is 1.60. The quantitative estimate of drug-likeness (QED) is 0.716. The van der Waals surface area contributed by atoms with E-state index < -0.39 is 0 Å². The van der Waals surface area contributed by atoms with E-state index in [1.165, 1.54) is 0 Å². The molecule has 1 saturated heterocycles. The van der Waals surface area contributed by atoms with Crippen molar-refractivity contribution in [1.82, 2.24) is 4.90 Å². The van der Waals surface area contributed by atoms with Crippen LogP contribution in [0.25, 0.3) is 0 Å². The van der Waals surface area contributed by atoms with Gasteiger partial charge in [0.25, 0.3) is 0 Å². The monoisotopic (exact) mass is 394 g/mol. The topological polar surface area (TPSA) is 90.5 Å². The molecule has 7 heteroatoms. The van der Waals surface area contributed by atoms with Gasteiger partial charge in [-0.25, -0.2) is 4.79 Å². The van der Waals surface area contributed by atoms with Crippen molar-refractivity contribution in [1.29, 1.82) is 0 Å². The molecule has 29 heavy (non-hydrogen) atoms. The summed E-state index contributed by atoms with van der Waals surface area (Å²) in [5.74, 6) is -0.211. The lowest BCUT2D eigenvalue weighted by atomic mass is 10.1. The molecule has 3 rings (SSSR count). The van der Waals surface area contributed by atoms with E-state index in [2.05, 4.69) is 16.0 Å². The van der Waals surface area contributed by atoms with Gasteiger partial charge in [-0.15, -0.1) is 0 Å². The van der Waals surface area contributed by atoms with Gasteiger partial charge < -0.3 is 20.9 Å². The van der Waals surface area contributed by atoms with Crippen LogP contribution in [0.4, 0.5) is 21.9 Å². The number of carbonyl (C=O) groups is 3. The number of para-hydroxylation sites is 1. The first-order chi connectivity index (χ1) is 14.0. The van der Waals surface area contributed by atoms with E-state index in [9.17, 15) is 14.4 Å². The molecule has 0 atom stereocenters. The van der Waals surface area contributed by atoms with Crippen molar-refractivity contribution < 1.29 is 14.4 Å². The average Bonchev–Trinajstić information content (AvgIpc) is 2.89. The highest BCUT2D eigenvalue weighted by Crippen LogP contribution is 2.21. The first-order valence-corrected chi connectivity index (χ1v) is 9.82. The molecule has 0 spiro atoms. The highest BCUT2D eigenvalue weighted by Gasteiger charge is 2.19. The van der Waals surface area contributed by atoms with E-state index in [4.69, 9.17) is 0 Å². The van der Waals surface area contributed by atoms with Crippen LogP contribution >= 0.6 is 0 Å². The summed E-state index contributed by atoms with van der Waals surface area (Å²) in [4.78, 5) is 38.3. The van der Waals surface area contributed by atoms with Gasteiger partial charge in [-0.3, -0.25) is 9.59 Å². The molecule has 0 aliphatic carbocycles. The van der Waals surface area contributed by atoms with Gasteiger partial charge in [-0.1, -0.05) is 30.7 Å². The summed E-state index contributed by atoms with van der Waals surface area (Å²) in [6.45, 7) is 2.54. The Kier molecular flexibility index (Phi) is 6.84. The zero-order chi connectivity index (χ0) is 20.6. The molecule has 4 amide bonds. The summed E-state index contributed by atoms with van der Waals surface area (Å²) in [5.41, 5.74) is 2.72. The van der Waals surface area contributed by atoms with Crippen LogP contribution in [0.15, 0.2) is 48.5 Å². The van der Waals surface area contributed by atoms with E-state index in [-0.39, 0.29) is 24.4 Å². The molecule has 1 aliphatic heterocycles. The highest BCUT2D eigenvalue weighted by atomic mass is 16.2. The van der Waals surface area contributed by atoms with Gasteiger partial charge in [0.1, 0.15) is 0 Å². The van der Waals surface area contributed by atoms with Crippen molar-refractivity contribution in [3.05, 3.63) is 54.1 Å². The number of anilines is 3. The fourth-order valence-corrected chi connectivity index (χ4v) is 3.22. The van der Waals surface area contributed by atoms with Gasteiger partial charge in [-0.05, 0) is 49.6 Å². The maximum absolute atomic E-state index is 12.5. The Morgan fingerprint density at radius 2 is 1.69 bits per heavy atom. The maximum Gasteiger partial charge on any atom is 0.323 e. The second-order valence-electron chi connectivity index (χ2n) is 7.15. The summed E-state index contributed by atoms with van der Waals surface area (Å²) >= 11 is 0. The van der Waals surface area contributed by atoms with Crippen LogP contribution in [-0.2, 0) is 9.59 Å². The van der Waals surface area contributed by atoms with Gasteiger partial charge in [0.15, 0.2) is 0 Å². The molecule has 0 saturated carbocycles. The minimum atomic E-state index is -0.368. The molecule has 3 N–H and O–H groups in total. The Bertz CT molecular complexity index is 883. The minimum absolute atomic E-state index is 0.0300. The Morgan fingerprint density at radius 3 is 2.48 bits per heavy atom. The van der Waals surface area contributed by atoms with Crippen molar-refractivity contribution in [2.24, 2.45) is 0 Å². The van der Waals surface area contributed by atoms with Gasteiger partial charge in [0.05, 0.1) is 6.54 Å². The number of carbonyl (C=O) groups excluding carboxylic acids is 3. The maximum atomic E-state index is 12.5. The number of likely N-dealkylation sites (tertiary alicyclic amines) is 1. The number of benzene rings is 2. The Hall–Kier alpha value is -3.35. The number of nitrogens with zero attached hydrogens (tertiary/aromatic N) is 1. The average molecular weight is 394 g/mol. The van der Waals surface area contributed by atoms with Gasteiger partial charge >= 0.3 is 6.03 Å². The highest BCUT2D eigenvalue weighted by molar-refractivity contribution is 6.01. The number of hydrogen-bond acceptors (Lipinski definition) is 3. The van der Waals surface area contributed by atoms with E-state index in [1.807, 2.05) is 31.2 Å². The number of urea groups is 1. The molecule has 0 bridgehead atoms. The molecule has 2 aromatic carbocycles. The predicted octanol–water partition coefficient (Wildman–Crippen LogP) is 3.98. The van der Waals surface area contributed by atoms with Gasteiger partial charge in [0, 0.05) is 30.0 Å². The minimum Gasteiger partial charge on any atom is -0.333 e. The molecule has 1 heterocycles. The smallest absolute Gasteiger partial charge is 0.323 e. The Labute approximate surface area is 170 Å². The molecule has 152 valence electrons. The number of amides is 4. The van der Waals surface area contributed by atoms with Crippen molar-refractivity contribution >= 4 is 34.9 Å². The first kappa shape index (κ1) is 20.4. The zero-order valence-corrected chi connectivity index (χ0v) is 16.5. The molecule has 1 fully saturated rings. The molecule has 0 aromatic heterocycles. The molecule has 0 unspecified atom stereocenters. The molecule has 1 aliphatic rings. The largest absolute Gasteiger partial charge is 0.333 e. The predicted molar refractivity (Wildman–Crippen MR) is 114 cm³/mol. The lowest BCUT2D eigenvalue weighted by molar-refractivity contribution is -0.134. The van der Waals surface area contributed by atoms with Crippen LogP contribution < -0.4 is 16.0 Å². The molecular formula is C22H26N4O3. The number of hydrogen-bond donors (Lipinski definition) is 3. The van der Waals surface area contributed by atoms with Crippen molar-refractivity contribution in [3.63, 3.8) is 0 Å². The third-order valence-corrected chi connectivity index (χ3v) is 4.81. The van der Waals surface area contributed by atoms with E-state index in [0.29, 0.717) is 30.0 Å². The second kappa shape index (κ2) is 9.73. The lowest BCUT2D eigenvalue weighted by Crippen LogP contribution is -2.37. The Morgan fingerprint density at radius 1 is 0.931 bits per heavy atom. The molecular weight excluding hydrogens is 368 g/mol. The van der Waals surface area contributed by atoms with Crippen LogP contribution in [0.3, 0.4) is 0 Å². The van der Waals surface area contributed by atoms with Crippen molar-refractivity contribution in [3.8, 4) is 0 Å². The fourth-order valence-electron chi connectivity index (χ4n) is 3.22. The van der Waals surface area contributed by atoms with Crippen LogP contribution in [0, 0.1) is 6.92 Å². The standard InChI is InChI=1S/C22H26N4O3/c1-16-11-12-18(24-22(29)23-17-8-4-2-5-9-17)14-19(16)25-20(27)15-26-13-7-3-6-10-21(26)28/h2,4-5,8-9,11-12,14H,3,6-7,10,13,15H2,1H3,(H,25,27)(H2,23,24,29). The second-order valence-corrected chi connectivity index (χ2v) is 7.15. The summed E-state index contributed by atoms with van der Waals surface area (Å²) in [6.07, 6.45) is 3.33. The number of aryl methyl sites for hydroxylation is 1. The fraction of sp³-hybridized carbons (Fsp3) is 0.318. The van der Waals surface area contributed by atoms with Crippen molar-refractivity contribution in [2.45, 2.75) is 32.6 Å². The number of rotatable bonds is 5. The summed E-state index contributed by atoms with van der Waals surface area (Å²) in [7, 11) is 0. The first-order valence-electron chi connectivity index (χ1n) is 9.82. The SMILES string of the molecule is Cc1ccc(NC(=O)Nc2ccccc2)cc1NC(=O)CN1CCCCCC1=O. The lowest BCUT2D eigenvalue weighted by Gasteiger charge is -2.20. The molecule has 2 aromatic rings. The molecule has 0 radical (unpaired) electrons. The van der Waals surface area contributed by atoms with E-state index in [1.54, 1.807) is 29.2 Å². The van der Waals surface area contributed by atoms with E-state index in [0.717, 1.165) is 24.8 Å². The summed E-state index contributed by atoms with van der Waals surface area (Å²) in [6, 6.07) is 14.1.